The molecule has 2 rings (SSSR count). The van der Waals surface area contributed by atoms with Crippen LogP contribution >= 0.6 is 0 Å². The Morgan fingerprint density at radius 1 is 1.26 bits per heavy atom. The van der Waals surface area contributed by atoms with Crippen LogP contribution in [0.25, 0.3) is 0 Å². The summed E-state index contributed by atoms with van der Waals surface area (Å²) >= 11 is 0. The standard InChI is InChI=1S/C14H21NO3S/c1-11(2)18-13-4-6-14(7-5-13)19(16,17)15-9-8-12(3)10-15/h4-7,11-12H,8-10H2,1-3H3/t12-/m1/s1. The van der Waals surface area contributed by atoms with Crippen molar-refractivity contribution in [1.29, 1.82) is 0 Å². The molecular weight excluding hydrogens is 262 g/mol. The van der Waals surface area contributed by atoms with Gasteiger partial charge in [-0.2, -0.15) is 4.31 Å². The molecule has 1 saturated heterocycles. The average Bonchev–Trinajstić information content (AvgIpc) is 2.76. The molecule has 0 amide bonds. The van der Waals surface area contributed by atoms with Gasteiger partial charge in [0.15, 0.2) is 0 Å². The molecule has 1 aliphatic rings. The monoisotopic (exact) mass is 283 g/mol. The molecular formula is C14H21NO3S. The van der Waals surface area contributed by atoms with Crippen LogP contribution in [-0.2, 0) is 10.0 Å². The van der Waals surface area contributed by atoms with Crippen molar-refractivity contribution in [2.45, 2.75) is 38.2 Å². The highest BCUT2D eigenvalue weighted by Gasteiger charge is 2.30. The molecule has 0 spiro atoms. The summed E-state index contributed by atoms with van der Waals surface area (Å²) in [5, 5.41) is 0. The van der Waals surface area contributed by atoms with Gasteiger partial charge in [-0.25, -0.2) is 8.42 Å². The summed E-state index contributed by atoms with van der Waals surface area (Å²) in [5.74, 6) is 1.14. The van der Waals surface area contributed by atoms with Crippen molar-refractivity contribution in [1.82, 2.24) is 4.31 Å². The Morgan fingerprint density at radius 2 is 1.89 bits per heavy atom. The molecule has 0 radical (unpaired) electrons. The zero-order valence-corrected chi connectivity index (χ0v) is 12.5. The van der Waals surface area contributed by atoms with Gasteiger partial charge in [-0.05, 0) is 50.5 Å². The largest absolute Gasteiger partial charge is 0.491 e. The van der Waals surface area contributed by atoms with Gasteiger partial charge in [-0.15, -0.1) is 0 Å². The van der Waals surface area contributed by atoms with Crippen LogP contribution in [-0.4, -0.2) is 31.9 Å². The topological polar surface area (TPSA) is 46.6 Å². The molecule has 0 aliphatic carbocycles. The molecule has 0 bridgehead atoms. The molecule has 1 aromatic rings. The number of hydrogen-bond acceptors (Lipinski definition) is 3. The van der Waals surface area contributed by atoms with Crippen LogP contribution in [0.5, 0.6) is 5.75 Å². The molecule has 1 fully saturated rings. The lowest BCUT2D eigenvalue weighted by Crippen LogP contribution is -2.28. The van der Waals surface area contributed by atoms with Crippen LogP contribution in [0, 0.1) is 5.92 Å². The first-order valence-electron chi connectivity index (χ1n) is 6.66. The Balaban J connectivity index is 2.17. The third-order valence-corrected chi connectivity index (χ3v) is 5.10. The Labute approximate surface area is 115 Å². The van der Waals surface area contributed by atoms with E-state index in [1.807, 2.05) is 13.8 Å². The molecule has 1 atom stereocenters. The number of hydrogen-bond donors (Lipinski definition) is 0. The van der Waals surface area contributed by atoms with Crippen molar-refractivity contribution >= 4 is 10.0 Å². The van der Waals surface area contributed by atoms with E-state index in [1.54, 1.807) is 28.6 Å². The summed E-state index contributed by atoms with van der Waals surface area (Å²) in [7, 11) is -3.34. The Kier molecular flexibility index (Phi) is 4.16. The third-order valence-electron chi connectivity index (χ3n) is 3.22. The summed E-state index contributed by atoms with van der Waals surface area (Å²) in [6.07, 6.45) is 1.02. The highest BCUT2D eigenvalue weighted by Crippen LogP contribution is 2.25. The van der Waals surface area contributed by atoms with Crippen LogP contribution in [0.15, 0.2) is 29.2 Å². The first kappa shape index (κ1) is 14.3. The minimum atomic E-state index is -3.34. The van der Waals surface area contributed by atoms with Gasteiger partial charge in [0.25, 0.3) is 0 Å². The average molecular weight is 283 g/mol. The molecule has 19 heavy (non-hydrogen) atoms. The van der Waals surface area contributed by atoms with Crippen LogP contribution < -0.4 is 4.74 Å². The summed E-state index contributed by atoms with van der Waals surface area (Å²) in [4.78, 5) is 0.345. The SMILES string of the molecule is CC(C)Oc1ccc(S(=O)(=O)N2CC[C@@H](C)C2)cc1. The molecule has 106 valence electrons. The molecule has 0 aromatic heterocycles. The van der Waals surface area contributed by atoms with E-state index in [0.29, 0.717) is 29.7 Å². The van der Waals surface area contributed by atoms with Crippen molar-refractivity contribution in [3.63, 3.8) is 0 Å². The molecule has 5 heteroatoms. The molecule has 0 unspecified atom stereocenters. The highest BCUT2D eigenvalue weighted by molar-refractivity contribution is 7.89. The summed E-state index contributed by atoms with van der Waals surface area (Å²) in [6.45, 7) is 7.20. The van der Waals surface area contributed by atoms with Gasteiger partial charge in [0.1, 0.15) is 5.75 Å². The van der Waals surface area contributed by atoms with Crippen LogP contribution in [0.2, 0.25) is 0 Å². The van der Waals surface area contributed by atoms with Crippen molar-refractivity contribution in [2.24, 2.45) is 5.92 Å². The molecule has 1 aromatic carbocycles. The van der Waals surface area contributed by atoms with E-state index in [1.165, 1.54) is 0 Å². The van der Waals surface area contributed by atoms with E-state index in [4.69, 9.17) is 4.74 Å². The van der Waals surface area contributed by atoms with E-state index in [9.17, 15) is 8.42 Å². The lowest BCUT2D eigenvalue weighted by molar-refractivity contribution is 0.242. The molecule has 1 aliphatic heterocycles. The van der Waals surface area contributed by atoms with Gasteiger partial charge in [0.2, 0.25) is 10.0 Å². The van der Waals surface area contributed by atoms with E-state index in [0.717, 1.165) is 6.42 Å². The Hall–Kier alpha value is -1.07. The first-order valence-corrected chi connectivity index (χ1v) is 8.10. The maximum Gasteiger partial charge on any atom is 0.243 e. The lowest BCUT2D eigenvalue weighted by atomic mass is 10.2. The molecule has 1 heterocycles. The van der Waals surface area contributed by atoms with E-state index < -0.39 is 10.0 Å². The minimum Gasteiger partial charge on any atom is -0.491 e. The van der Waals surface area contributed by atoms with E-state index >= 15 is 0 Å². The van der Waals surface area contributed by atoms with Gasteiger partial charge in [0, 0.05) is 13.1 Å². The first-order chi connectivity index (χ1) is 8.89. The summed E-state index contributed by atoms with van der Waals surface area (Å²) in [5.41, 5.74) is 0. The fourth-order valence-corrected chi connectivity index (χ4v) is 3.80. The van der Waals surface area contributed by atoms with Crippen molar-refractivity contribution in [3.8, 4) is 5.75 Å². The quantitative estimate of drug-likeness (QED) is 0.853. The van der Waals surface area contributed by atoms with Gasteiger partial charge < -0.3 is 4.74 Å². The van der Waals surface area contributed by atoms with E-state index in [2.05, 4.69) is 6.92 Å². The predicted molar refractivity (Wildman–Crippen MR) is 74.7 cm³/mol. The van der Waals surface area contributed by atoms with Gasteiger partial charge in [0.05, 0.1) is 11.0 Å². The number of ether oxygens (including phenoxy) is 1. The number of benzene rings is 1. The van der Waals surface area contributed by atoms with Crippen LogP contribution in [0.3, 0.4) is 0 Å². The van der Waals surface area contributed by atoms with Gasteiger partial charge >= 0.3 is 0 Å². The number of sulfonamides is 1. The zero-order chi connectivity index (χ0) is 14.0. The lowest BCUT2D eigenvalue weighted by Gasteiger charge is -2.16. The second kappa shape index (κ2) is 5.51. The second-order valence-electron chi connectivity index (χ2n) is 5.39. The number of nitrogens with zero attached hydrogens (tertiary/aromatic N) is 1. The fourth-order valence-electron chi connectivity index (χ4n) is 2.22. The maximum atomic E-state index is 12.4. The minimum absolute atomic E-state index is 0.0851. The number of rotatable bonds is 4. The van der Waals surface area contributed by atoms with Crippen LogP contribution in [0.1, 0.15) is 27.2 Å². The molecule has 0 N–H and O–H groups in total. The van der Waals surface area contributed by atoms with Crippen molar-refractivity contribution in [2.75, 3.05) is 13.1 Å². The third kappa shape index (κ3) is 3.28. The van der Waals surface area contributed by atoms with Gasteiger partial charge in [-0.1, -0.05) is 6.92 Å². The van der Waals surface area contributed by atoms with Crippen molar-refractivity contribution < 1.29 is 13.2 Å². The zero-order valence-electron chi connectivity index (χ0n) is 11.7. The van der Waals surface area contributed by atoms with Gasteiger partial charge in [-0.3, -0.25) is 0 Å². The fraction of sp³-hybridized carbons (Fsp3) is 0.571. The summed E-state index contributed by atoms with van der Waals surface area (Å²) in [6, 6.07) is 6.67. The van der Waals surface area contributed by atoms with Crippen LogP contribution in [0.4, 0.5) is 0 Å². The highest BCUT2D eigenvalue weighted by atomic mass is 32.2. The Bertz CT molecular complexity index is 522. The summed E-state index contributed by atoms with van der Waals surface area (Å²) < 4.78 is 31.9. The van der Waals surface area contributed by atoms with E-state index in [-0.39, 0.29) is 6.10 Å². The smallest absolute Gasteiger partial charge is 0.243 e. The maximum absolute atomic E-state index is 12.4. The normalized spacial score (nSPS) is 20.9. The van der Waals surface area contributed by atoms with Crippen molar-refractivity contribution in [3.05, 3.63) is 24.3 Å². The second-order valence-corrected chi connectivity index (χ2v) is 7.33. The predicted octanol–water partition coefficient (Wildman–Crippen LogP) is 2.50. The Morgan fingerprint density at radius 3 is 2.37 bits per heavy atom. The molecule has 4 nitrogen and oxygen atoms in total. The molecule has 0 saturated carbocycles.